The van der Waals surface area contributed by atoms with Gasteiger partial charge < -0.3 is 14.4 Å². The largest absolute Gasteiger partial charge is 0.454 e. The molecule has 1 fully saturated rings. The van der Waals surface area contributed by atoms with Gasteiger partial charge in [-0.2, -0.15) is 0 Å². The Morgan fingerprint density at radius 1 is 1.13 bits per heavy atom. The van der Waals surface area contributed by atoms with Crippen LogP contribution in [0.4, 0.5) is 5.69 Å². The van der Waals surface area contributed by atoms with Gasteiger partial charge in [-0.15, -0.1) is 0 Å². The van der Waals surface area contributed by atoms with Crippen LogP contribution in [-0.4, -0.2) is 30.1 Å². The van der Waals surface area contributed by atoms with Crippen molar-refractivity contribution in [1.82, 2.24) is 10.2 Å². The summed E-state index contributed by atoms with van der Waals surface area (Å²) in [6.45, 7) is 5.11. The van der Waals surface area contributed by atoms with Crippen molar-refractivity contribution in [3.8, 4) is 11.5 Å². The third kappa shape index (κ3) is 3.62. The van der Waals surface area contributed by atoms with Gasteiger partial charge in [0.25, 0.3) is 5.91 Å². The molecule has 155 valence electrons. The molecular weight excluding hydrogens is 380 g/mol. The molecule has 1 saturated carbocycles. The maximum Gasteiger partial charge on any atom is 0.251 e. The van der Waals surface area contributed by atoms with Crippen molar-refractivity contribution >= 4 is 17.5 Å². The Balaban J connectivity index is 1.37. The van der Waals surface area contributed by atoms with Crippen molar-refractivity contribution in [2.75, 3.05) is 13.3 Å². The number of amides is 2. The Labute approximate surface area is 176 Å². The minimum absolute atomic E-state index is 0.0893. The first kappa shape index (κ1) is 19.0. The molecule has 2 aliphatic heterocycles. The van der Waals surface area contributed by atoms with Gasteiger partial charge in [-0.05, 0) is 61.9 Å². The third-order valence-corrected chi connectivity index (χ3v) is 6.05. The fourth-order valence-corrected chi connectivity index (χ4v) is 4.41. The molecule has 6 nitrogen and oxygen atoms in total. The van der Waals surface area contributed by atoms with E-state index in [4.69, 9.17) is 9.47 Å². The highest BCUT2D eigenvalue weighted by atomic mass is 16.7. The van der Waals surface area contributed by atoms with Gasteiger partial charge in [0.15, 0.2) is 11.5 Å². The normalized spacial score (nSPS) is 19.3. The Hall–Kier alpha value is -3.02. The Bertz CT molecular complexity index is 1030. The maximum atomic E-state index is 13.0. The van der Waals surface area contributed by atoms with Crippen LogP contribution >= 0.6 is 0 Å². The summed E-state index contributed by atoms with van der Waals surface area (Å²) in [5.74, 6) is 1.21. The quantitative estimate of drug-likeness (QED) is 0.764. The minimum atomic E-state index is -0.310. The van der Waals surface area contributed by atoms with Crippen LogP contribution in [0.2, 0.25) is 0 Å². The number of ether oxygens (including phenoxy) is 2. The number of hydrogen-bond donors (Lipinski definition) is 0. The van der Waals surface area contributed by atoms with E-state index in [2.05, 4.69) is 24.4 Å². The molecule has 0 N–H and O–H groups in total. The topological polar surface area (TPSA) is 69.9 Å². The molecule has 0 bridgehead atoms. The summed E-state index contributed by atoms with van der Waals surface area (Å²) in [6.07, 6.45) is 2.48. The molecule has 2 aromatic carbocycles. The fourth-order valence-electron chi connectivity index (χ4n) is 4.41. The zero-order valence-electron chi connectivity index (χ0n) is 17.3. The predicted octanol–water partition coefficient (Wildman–Crippen LogP) is 3.41. The first-order chi connectivity index (χ1) is 14.5. The number of rotatable bonds is 5. The van der Waals surface area contributed by atoms with E-state index < -0.39 is 0 Å². The van der Waals surface area contributed by atoms with Gasteiger partial charge in [-0.3, -0.25) is 9.59 Å². The van der Waals surface area contributed by atoms with Gasteiger partial charge in [0.1, 0.15) is 0 Å². The van der Waals surface area contributed by atoms with E-state index in [1.165, 1.54) is 5.56 Å². The second-order valence-electron chi connectivity index (χ2n) is 8.62. The van der Waals surface area contributed by atoms with E-state index in [1.54, 1.807) is 0 Å². The molecule has 1 radical (unpaired) electrons. The summed E-state index contributed by atoms with van der Waals surface area (Å²) in [6, 6.07) is 9.91. The van der Waals surface area contributed by atoms with Gasteiger partial charge in [0.05, 0.1) is 11.6 Å². The number of nitrogens with zero attached hydrogens (tertiary/aromatic N) is 2. The van der Waals surface area contributed by atoms with Crippen LogP contribution in [0.25, 0.3) is 0 Å². The van der Waals surface area contributed by atoms with Crippen LogP contribution in [0, 0.1) is 25.7 Å². The third-order valence-electron chi connectivity index (χ3n) is 6.05. The molecule has 0 spiro atoms. The summed E-state index contributed by atoms with van der Waals surface area (Å²) < 4.78 is 10.9. The first-order valence-electron chi connectivity index (χ1n) is 10.5. The van der Waals surface area contributed by atoms with Crippen molar-refractivity contribution in [1.29, 1.82) is 0 Å². The maximum absolute atomic E-state index is 13.0. The van der Waals surface area contributed by atoms with Crippen molar-refractivity contribution < 1.29 is 19.1 Å². The lowest BCUT2D eigenvalue weighted by Gasteiger charge is -2.30. The average molecular weight is 405 g/mol. The summed E-state index contributed by atoms with van der Waals surface area (Å²) in [4.78, 5) is 27.6. The molecule has 2 heterocycles. The minimum Gasteiger partial charge on any atom is -0.454 e. The summed E-state index contributed by atoms with van der Waals surface area (Å²) in [5, 5.41) is 4.38. The molecule has 2 amide bonds. The second-order valence-corrected chi connectivity index (χ2v) is 8.62. The second kappa shape index (κ2) is 7.35. The summed E-state index contributed by atoms with van der Waals surface area (Å²) in [7, 11) is 0. The SMILES string of the molecule is Cc1cc(C)c2c(c1)CC(CN(Cc1ccc3c(c1)OCO3)C(=O)C1CC1)C(=O)[N]2. The lowest BCUT2D eigenvalue weighted by Crippen LogP contribution is -2.42. The highest BCUT2D eigenvalue weighted by Gasteiger charge is 2.37. The van der Waals surface area contributed by atoms with Crippen molar-refractivity contribution in [3.05, 3.63) is 52.6 Å². The monoisotopic (exact) mass is 405 g/mol. The smallest absolute Gasteiger partial charge is 0.251 e. The average Bonchev–Trinajstić information content (AvgIpc) is 3.46. The molecule has 0 saturated heterocycles. The van der Waals surface area contributed by atoms with Crippen LogP contribution in [0.1, 0.15) is 35.1 Å². The van der Waals surface area contributed by atoms with E-state index >= 15 is 0 Å². The van der Waals surface area contributed by atoms with Crippen molar-refractivity contribution in [3.63, 3.8) is 0 Å². The molecule has 0 aromatic heterocycles. The molecule has 1 aliphatic carbocycles. The molecule has 1 unspecified atom stereocenters. The number of fused-ring (bicyclic) bond motifs is 2. The van der Waals surface area contributed by atoms with Gasteiger partial charge in [-0.1, -0.05) is 23.8 Å². The number of aryl methyl sites for hydroxylation is 2. The molecule has 5 rings (SSSR count). The van der Waals surface area contributed by atoms with Crippen LogP contribution < -0.4 is 14.8 Å². The van der Waals surface area contributed by atoms with E-state index in [0.717, 1.165) is 41.0 Å². The molecule has 2 aromatic rings. The molecule has 30 heavy (non-hydrogen) atoms. The van der Waals surface area contributed by atoms with E-state index in [-0.39, 0.29) is 30.4 Å². The highest BCUT2D eigenvalue weighted by molar-refractivity contribution is 5.88. The van der Waals surface area contributed by atoms with Crippen molar-refractivity contribution in [2.45, 2.75) is 39.7 Å². The first-order valence-corrected chi connectivity index (χ1v) is 10.5. The van der Waals surface area contributed by atoms with Gasteiger partial charge in [0.2, 0.25) is 12.7 Å². The van der Waals surface area contributed by atoms with Crippen LogP contribution in [0.5, 0.6) is 11.5 Å². The number of carbonyl (C=O) groups excluding carboxylic acids is 2. The van der Waals surface area contributed by atoms with E-state index in [9.17, 15) is 9.59 Å². The predicted molar refractivity (Wildman–Crippen MR) is 111 cm³/mol. The number of hydrogen-bond acceptors (Lipinski definition) is 4. The zero-order valence-corrected chi connectivity index (χ0v) is 17.3. The van der Waals surface area contributed by atoms with E-state index in [1.807, 2.05) is 30.0 Å². The Morgan fingerprint density at radius 3 is 2.73 bits per heavy atom. The van der Waals surface area contributed by atoms with Crippen LogP contribution in [0.3, 0.4) is 0 Å². The summed E-state index contributed by atoms with van der Waals surface area (Å²) >= 11 is 0. The highest BCUT2D eigenvalue weighted by Crippen LogP contribution is 2.36. The Kier molecular flexibility index (Phi) is 4.65. The lowest BCUT2D eigenvalue weighted by molar-refractivity contribution is -0.135. The van der Waals surface area contributed by atoms with Gasteiger partial charge in [0, 0.05) is 19.0 Å². The number of carbonyl (C=O) groups is 2. The molecule has 3 aliphatic rings. The molecule has 6 heteroatoms. The lowest BCUT2D eigenvalue weighted by atomic mass is 9.89. The standard InChI is InChI=1S/C24H25N2O4/c1-14-7-15(2)22-18(8-14)10-19(23(27)25-22)12-26(24(28)17-4-5-17)11-16-3-6-20-21(9-16)30-13-29-20/h3,6-9,17,19H,4-5,10-13H2,1-2H3. The Morgan fingerprint density at radius 2 is 1.93 bits per heavy atom. The van der Waals surface area contributed by atoms with Gasteiger partial charge in [-0.25, -0.2) is 5.32 Å². The fraction of sp³-hybridized carbons (Fsp3) is 0.417. The molecular formula is C24H25N2O4. The van der Waals surface area contributed by atoms with Crippen LogP contribution in [0.15, 0.2) is 30.3 Å². The molecule has 1 atom stereocenters. The zero-order chi connectivity index (χ0) is 20.8. The van der Waals surface area contributed by atoms with Crippen LogP contribution in [-0.2, 0) is 22.6 Å². The summed E-state index contributed by atoms with van der Waals surface area (Å²) in [5.41, 5.74) is 5.07. The number of benzene rings is 2. The van der Waals surface area contributed by atoms with Crippen molar-refractivity contribution in [2.24, 2.45) is 11.8 Å². The van der Waals surface area contributed by atoms with Gasteiger partial charge >= 0.3 is 0 Å². The van der Waals surface area contributed by atoms with E-state index in [0.29, 0.717) is 25.3 Å².